The highest BCUT2D eigenvalue weighted by molar-refractivity contribution is 9.10. The Balaban J connectivity index is 1.91. The Morgan fingerprint density at radius 2 is 2.23 bits per heavy atom. The van der Waals surface area contributed by atoms with Gasteiger partial charge >= 0.3 is 0 Å². The molecule has 0 spiro atoms. The van der Waals surface area contributed by atoms with E-state index in [-0.39, 0.29) is 12.5 Å². The first-order valence-corrected chi connectivity index (χ1v) is 8.09. The number of aliphatic hydroxyl groups excluding tert-OH is 1. The molecule has 1 N–H and O–H groups in total. The number of methoxy groups -OCH3 is 2. The zero-order valence-electron chi connectivity index (χ0n) is 13.0. The third kappa shape index (κ3) is 3.80. The molecule has 1 heterocycles. The number of aliphatic hydroxyl groups is 1. The minimum Gasteiger partial charge on any atom is -0.496 e. The molecule has 1 aliphatic heterocycles. The molecule has 22 heavy (non-hydrogen) atoms. The smallest absolute Gasteiger partial charge is 0.223 e. The van der Waals surface area contributed by atoms with Gasteiger partial charge in [0.1, 0.15) is 11.4 Å². The van der Waals surface area contributed by atoms with Crippen molar-refractivity contribution < 1.29 is 19.4 Å². The highest BCUT2D eigenvalue weighted by Gasteiger charge is 2.39. The van der Waals surface area contributed by atoms with Crippen LogP contribution in [0.15, 0.2) is 22.7 Å². The van der Waals surface area contributed by atoms with Crippen molar-refractivity contribution in [2.45, 2.75) is 24.9 Å². The third-order valence-corrected chi connectivity index (χ3v) is 4.89. The van der Waals surface area contributed by atoms with Gasteiger partial charge in [-0.2, -0.15) is 0 Å². The molecule has 1 amide bonds. The van der Waals surface area contributed by atoms with Crippen LogP contribution in [0.25, 0.3) is 0 Å². The molecule has 1 atom stereocenters. The number of likely N-dealkylation sites (tertiary alicyclic amines) is 1. The lowest BCUT2D eigenvalue weighted by molar-refractivity contribution is -0.131. The van der Waals surface area contributed by atoms with Crippen molar-refractivity contribution in [2.75, 3.05) is 33.9 Å². The second-order valence-corrected chi connectivity index (χ2v) is 6.43. The van der Waals surface area contributed by atoms with Crippen LogP contribution in [0.3, 0.4) is 0 Å². The highest BCUT2D eigenvalue weighted by Crippen LogP contribution is 2.27. The minimum atomic E-state index is -0.587. The molecular weight excluding hydrogens is 350 g/mol. The SMILES string of the molecule is COc1cc(CCC(=O)N2CCC(CO)(OC)C2)ccc1Br. The first-order chi connectivity index (χ1) is 10.5. The van der Waals surface area contributed by atoms with E-state index in [0.717, 1.165) is 15.8 Å². The summed E-state index contributed by atoms with van der Waals surface area (Å²) in [5.41, 5.74) is 0.476. The van der Waals surface area contributed by atoms with Gasteiger partial charge in [0.05, 0.1) is 24.7 Å². The van der Waals surface area contributed by atoms with Crippen LogP contribution in [0.2, 0.25) is 0 Å². The van der Waals surface area contributed by atoms with Gasteiger partial charge in [0.25, 0.3) is 0 Å². The van der Waals surface area contributed by atoms with Gasteiger partial charge in [-0.05, 0) is 46.5 Å². The Labute approximate surface area is 139 Å². The number of hydrogen-bond acceptors (Lipinski definition) is 4. The van der Waals surface area contributed by atoms with E-state index in [4.69, 9.17) is 9.47 Å². The largest absolute Gasteiger partial charge is 0.496 e. The summed E-state index contributed by atoms with van der Waals surface area (Å²) >= 11 is 3.42. The van der Waals surface area contributed by atoms with Gasteiger partial charge in [0.2, 0.25) is 5.91 Å². The fraction of sp³-hybridized carbons (Fsp3) is 0.562. The van der Waals surface area contributed by atoms with E-state index >= 15 is 0 Å². The molecule has 1 saturated heterocycles. The quantitative estimate of drug-likeness (QED) is 0.830. The summed E-state index contributed by atoms with van der Waals surface area (Å²) in [4.78, 5) is 14.1. The van der Waals surface area contributed by atoms with Crippen molar-refractivity contribution in [3.05, 3.63) is 28.2 Å². The number of halogens is 1. The summed E-state index contributed by atoms with van der Waals surface area (Å²) in [6.45, 7) is 1.04. The molecule has 122 valence electrons. The van der Waals surface area contributed by atoms with Crippen LogP contribution in [0.4, 0.5) is 0 Å². The Bertz CT molecular complexity index is 531. The van der Waals surface area contributed by atoms with Gasteiger partial charge in [-0.25, -0.2) is 0 Å². The molecule has 0 bridgehead atoms. The minimum absolute atomic E-state index is 0.0583. The number of nitrogens with zero attached hydrogens (tertiary/aromatic N) is 1. The average molecular weight is 372 g/mol. The van der Waals surface area contributed by atoms with Gasteiger partial charge < -0.3 is 19.5 Å². The molecular formula is C16H22BrNO4. The first-order valence-electron chi connectivity index (χ1n) is 7.30. The summed E-state index contributed by atoms with van der Waals surface area (Å²) in [7, 11) is 3.21. The lowest BCUT2D eigenvalue weighted by Gasteiger charge is -2.25. The van der Waals surface area contributed by atoms with Crippen LogP contribution in [0.5, 0.6) is 5.75 Å². The summed E-state index contributed by atoms with van der Waals surface area (Å²) in [5.74, 6) is 0.860. The van der Waals surface area contributed by atoms with Gasteiger partial charge in [0, 0.05) is 20.1 Å². The molecule has 1 aliphatic rings. The lowest BCUT2D eigenvalue weighted by atomic mass is 10.1. The van der Waals surface area contributed by atoms with Crippen molar-refractivity contribution in [3.8, 4) is 5.75 Å². The van der Waals surface area contributed by atoms with E-state index in [0.29, 0.717) is 32.4 Å². The Hall–Kier alpha value is -1.11. The molecule has 0 aliphatic carbocycles. The van der Waals surface area contributed by atoms with Crippen molar-refractivity contribution in [1.82, 2.24) is 4.90 Å². The van der Waals surface area contributed by atoms with Crippen LogP contribution < -0.4 is 4.74 Å². The number of rotatable bonds is 6. The lowest BCUT2D eigenvalue weighted by Crippen LogP contribution is -2.40. The molecule has 0 saturated carbocycles. The normalized spacial score (nSPS) is 21.2. The molecule has 0 aromatic heterocycles. The number of benzene rings is 1. The average Bonchev–Trinajstić information content (AvgIpc) is 2.99. The molecule has 1 aromatic carbocycles. The van der Waals surface area contributed by atoms with Crippen molar-refractivity contribution in [3.63, 3.8) is 0 Å². The zero-order valence-corrected chi connectivity index (χ0v) is 14.6. The Morgan fingerprint density at radius 3 is 2.82 bits per heavy atom. The zero-order chi connectivity index (χ0) is 16.2. The molecule has 5 nitrogen and oxygen atoms in total. The number of carbonyl (C=O) groups excluding carboxylic acids is 1. The van der Waals surface area contributed by atoms with E-state index in [1.165, 1.54) is 0 Å². The topological polar surface area (TPSA) is 59.0 Å². The molecule has 1 fully saturated rings. The van der Waals surface area contributed by atoms with E-state index in [2.05, 4.69) is 15.9 Å². The number of carbonyl (C=O) groups is 1. The number of ether oxygens (including phenoxy) is 2. The summed E-state index contributed by atoms with van der Waals surface area (Å²) in [6.07, 6.45) is 1.78. The second-order valence-electron chi connectivity index (χ2n) is 5.58. The van der Waals surface area contributed by atoms with Gasteiger partial charge in [-0.15, -0.1) is 0 Å². The highest BCUT2D eigenvalue weighted by atomic mass is 79.9. The summed E-state index contributed by atoms with van der Waals surface area (Å²) in [5, 5.41) is 9.43. The Morgan fingerprint density at radius 1 is 1.45 bits per heavy atom. The number of aryl methyl sites for hydroxylation is 1. The molecule has 1 aromatic rings. The fourth-order valence-electron chi connectivity index (χ4n) is 2.69. The van der Waals surface area contributed by atoms with Crippen LogP contribution >= 0.6 is 15.9 Å². The summed E-state index contributed by atoms with van der Waals surface area (Å²) in [6, 6.07) is 5.85. The van der Waals surface area contributed by atoms with Gasteiger partial charge in [-0.1, -0.05) is 6.07 Å². The summed E-state index contributed by atoms with van der Waals surface area (Å²) < 4.78 is 11.5. The van der Waals surface area contributed by atoms with Crippen molar-refractivity contribution in [2.24, 2.45) is 0 Å². The number of amides is 1. The van der Waals surface area contributed by atoms with Crippen molar-refractivity contribution >= 4 is 21.8 Å². The van der Waals surface area contributed by atoms with E-state index in [9.17, 15) is 9.90 Å². The first kappa shape index (κ1) is 17.2. The fourth-order valence-corrected chi connectivity index (χ4v) is 3.10. The standard InChI is InChI=1S/C16H22BrNO4/c1-21-14-9-12(3-5-13(14)17)4-6-15(20)18-8-7-16(10-18,11-19)22-2/h3,5,9,19H,4,6-8,10-11H2,1-2H3. The second kappa shape index (κ2) is 7.44. The maximum Gasteiger partial charge on any atom is 0.223 e. The monoisotopic (exact) mass is 371 g/mol. The van der Waals surface area contributed by atoms with E-state index in [1.807, 2.05) is 18.2 Å². The van der Waals surface area contributed by atoms with Crippen molar-refractivity contribution in [1.29, 1.82) is 0 Å². The predicted octanol–water partition coefficient (Wildman–Crippen LogP) is 2.00. The van der Waals surface area contributed by atoms with E-state index < -0.39 is 5.60 Å². The third-order valence-electron chi connectivity index (χ3n) is 4.23. The number of hydrogen-bond donors (Lipinski definition) is 1. The maximum absolute atomic E-state index is 12.3. The van der Waals surface area contributed by atoms with Gasteiger partial charge in [-0.3, -0.25) is 4.79 Å². The maximum atomic E-state index is 12.3. The van der Waals surface area contributed by atoms with Crippen LogP contribution in [-0.4, -0.2) is 55.4 Å². The Kier molecular flexibility index (Phi) is 5.83. The van der Waals surface area contributed by atoms with Gasteiger partial charge in [0.15, 0.2) is 0 Å². The van der Waals surface area contributed by atoms with Crippen LogP contribution in [0, 0.1) is 0 Å². The van der Waals surface area contributed by atoms with Crippen LogP contribution in [0.1, 0.15) is 18.4 Å². The van der Waals surface area contributed by atoms with E-state index in [1.54, 1.807) is 19.1 Å². The molecule has 6 heteroatoms. The van der Waals surface area contributed by atoms with Crippen LogP contribution in [-0.2, 0) is 16.0 Å². The molecule has 2 rings (SSSR count). The molecule has 0 radical (unpaired) electrons. The predicted molar refractivity (Wildman–Crippen MR) is 87.0 cm³/mol. The molecule has 1 unspecified atom stereocenters.